The molecule has 0 heterocycles. The number of benzene rings is 1. The maximum atomic E-state index is 5.85. The van der Waals surface area contributed by atoms with Crippen LogP contribution in [0.3, 0.4) is 0 Å². The van der Waals surface area contributed by atoms with E-state index in [0.717, 1.165) is 19.3 Å². The van der Waals surface area contributed by atoms with Crippen LogP contribution in [-0.2, 0) is 12.8 Å². The Morgan fingerprint density at radius 3 is 2.29 bits per heavy atom. The smallest absolute Gasteiger partial charge is 0.00106 e. The van der Waals surface area contributed by atoms with Gasteiger partial charge in [-0.2, -0.15) is 0 Å². The zero-order valence-electron chi connectivity index (χ0n) is 11.8. The van der Waals surface area contributed by atoms with Crippen molar-refractivity contribution in [3.63, 3.8) is 0 Å². The maximum Gasteiger partial charge on any atom is 0.00106 e. The fourth-order valence-corrected chi connectivity index (χ4v) is 2.31. The minimum absolute atomic E-state index is 0.317. The van der Waals surface area contributed by atoms with E-state index in [1.807, 2.05) is 0 Å². The molecule has 2 atom stereocenters. The number of hydrogen-bond acceptors (Lipinski definition) is 1. The van der Waals surface area contributed by atoms with Crippen molar-refractivity contribution in [2.75, 3.05) is 0 Å². The summed E-state index contributed by atoms with van der Waals surface area (Å²) in [5.74, 6) is 0.627. The van der Waals surface area contributed by atoms with Gasteiger partial charge in [0.1, 0.15) is 0 Å². The number of aryl methyl sites for hydroxylation is 2. The molecule has 0 fully saturated rings. The highest BCUT2D eigenvalue weighted by Crippen LogP contribution is 2.26. The highest BCUT2D eigenvalue weighted by molar-refractivity contribution is 5.34. The minimum Gasteiger partial charge on any atom is -0.328 e. The molecule has 0 aliphatic heterocycles. The SMILES string of the molecule is CCc1ccc(CC)c(C(C)CCC(C)N)c1. The molecule has 0 bridgehead atoms. The molecular weight excluding hydrogens is 206 g/mol. The minimum atomic E-state index is 0.317. The van der Waals surface area contributed by atoms with Gasteiger partial charge in [0.15, 0.2) is 0 Å². The van der Waals surface area contributed by atoms with Crippen LogP contribution in [0.15, 0.2) is 18.2 Å². The Bertz CT molecular complexity index is 341. The molecule has 0 aliphatic rings. The molecule has 0 aromatic heterocycles. The van der Waals surface area contributed by atoms with Gasteiger partial charge in [0, 0.05) is 6.04 Å². The van der Waals surface area contributed by atoms with E-state index in [-0.39, 0.29) is 0 Å². The van der Waals surface area contributed by atoms with Crippen molar-refractivity contribution < 1.29 is 0 Å². The van der Waals surface area contributed by atoms with Crippen molar-refractivity contribution in [1.29, 1.82) is 0 Å². The summed E-state index contributed by atoms with van der Waals surface area (Å²) in [6, 6.07) is 7.28. The Kier molecular flexibility index (Phi) is 5.70. The molecule has 1 nitrogen and oxygen atoms in total. The molecule has 0 spiro atoms. The van der Waals surface area contributed by atoms with Crippen LogP contribution < -0.4 is 5.73 Å². The molecular formula is C16H27N. The fraction of sp³-hybridized carbons (Fsp3) is 0.625. The third-order valence-electron chi connectivity index (χ3n) is 3.59. The first-order valence-electron chi connectivity index (χ1n) is 6.95. The topological polar surface area (TPSA) is 26.0 Å². The van der Waals surface area contributed by atoms with E-state index in [9.17, 15) is 0 Å². The third-order valence-corrected chi connectivity index (χ3v) is 3.59. The van der Waals surface area contributed by atoms with Gasteiger partial charge in [0.2, 0.25) is 0 Å². The van der Waals surface area contributed by atoms with Gasteiger partial charge in [-0.25, -0.2) is 0 Å². The summed E-state index contributed by atoms with van der Waals surface area (Å²) < 4.78 is 0. The van der Waals surface area contributed by atoms with Crippen molar-refractivity contribution in [3.8, 4) is 0 Å². The number of rotatable bonds is 6. The quantitative estimate of drug-likeness (QED) is 0.788. The Morgan fingerprint density at radius 2 is 1.76 bits per heavy atom. The molecule has 0 aliphatic carbocycles. The fourth-order valence-electron chi connectivity index (χ4n) is 2.31. The van der Waals surface area contributed by atoms with Crippen molar-refractivity contribution in [2.24, 2.45) is 5.73 Å². The second-order valence-corrected chi connectivity index (χ2v) is 5.20. The molecule has 0 amide bonds. The van der Waals surface area contributed by atoms with Crippen LogP contribution in [0.2, 0.25) is 0 Å². The molecule has 1 aromatic carbocycles. The summed E-state index contributed by atoms with van der Waals surface area (Å²) >= 11 is 0. The van der Waals surface area contributed by atoms with Gasteiger partial charge in [0.25, 0.3) is 0 Å². The van der Waals surface area contributed by atoms with Crippen LogP contribution in [0.25, 0.3) is 0 Å². The molecule has 96 valence electrons. The van der Waals surface area contributed by atoms with Crippen molar-refractivity contribution in [2.45, 2.75) is 65.3 Å². The summed E-state index contributed by atoms with van der Waals surface area (Å²) in [5.41, 5.74) is 10.3. The van der Waals surface area contributed by atoms with Gasteiger partial charge >= 0.3 is 0 Å². The summed E-state index contributed by atoms with van der Waals surface area (Å²) in [4.78, 5) is 0. The van der Waals surface area contributed by atoms with Gasteiger partial charge in [-0.3, -0.25) is 0 Å². The first-order chi connectivity index (χ1) is 8.08. The third kappa shape index (κ3) is 4.16. The van der Waals surface area contributed by atoms with E-state index in [0.29, 0.717) is 12.0 Å². The maximum absolute atomic E-state index is 5.85. The van der Waals surface area contributed by atoms with Gasteiger partial charge < -0.3 is 5.73 Å². The molecule has 0 saturated carbocycles. The van der Waals surface area contributed by atoms with E-state index < -0.39 is 0 Å². The lowest BCUT2D eigenvalue weighted by Gasteiger charge is -2.18. The van der Waals surface area contributed by atoms with Crippen LogP contribution in [0.1, 0.15) is 63.1 Å². The van der Waals surface area contributed by atoms with E-state index in [1.54, 1.807) is 0 Å². The average Bonchev–Trinajstić information content (AvgIpc) is 2.34. The summed E-state index contributed by atoms with van der Waals surface area (Å²) in [6.45, 7) is 8.88. The molecule has 0 radical (unpaired) electrons. The van der Waals surface area contributed by atoms with E-state index in [1.165, 1.54) is 23.1 Å². The van der Waals surface area contributed by atoms with Crippen LogP contribution in [0.5, 0.6) is 0 Å². The van der Waals surface area contributed by atoms with Crippen LogP contribution in [0.4, 0.5) is 0 Å². The number of hydrogen-bond donors (Lipinski definition) is 1. The van der Waals surface area contributed by atoms with Crippen LogP contribution in [-0.4, -0.2) is 6.04 Å². The highest BCUT2D eigenvalue weighted by atomic mass is 14.6. The lowest BCUT2D eigenvalue weighted by Crippen LogP contribution is -2.15. The summed E-state index contributed by atoms with van der Waals surface area (Å²) in [5, 5.41) is 0. The molecule has 2 unspecified atom stereocenters. The molecule has 2 N–H and O–H groups in total. The Morgan fingerprint density at radius 1 is 1.06 bits per heavy atom. The second kappa shape index (κ2) is 6.80. The first kappa shape index (κ1) is 14.2. The standard InChI is InChI=1S/C16H27N/c1-5-14-9-10-15(6-2)16(11-14)12(3)7-8-13(4)17/h9-13H,5-8,17H2,1-4H3. The van der Waals surface area contributed by atoms with Crippen molar-refractivity contribution in [3.05, 3.63) is 34.9 Å². The van der Waals surface area contributed by atoms with Crippen molar-refractivity contribution >= 4 is 0 Å². The molecule has 1 heteroatoms. The Hall–Kier alpha value is -0.820. The predicted octanol–water partition coefficient (Wildman–Crippen LogP) is 4.04. The van der Waals surface area contributed by atoms with E-state index >= 15 is 0 Å². The second-order valence-electron chi connectivity index (χ2n) is 5.20. The van der Waals surface area contributed by atoms with Crippen LogP contribution in [0, 0.1) is 0 Å². The summed E-state index contributed by atoms with van der Waals surface area (Å²) in [6.07, 6.45) is 4.55. The molecule has 1 rings (SSSR count). The summed E-state index contributed by atoms with van der Waals surface area (Å²) in [7, 11) is 0. The predicted molar refractivity (Wildman–Crippen MR) is 76.5 cm³/mol. The zero-order chi connectivity index (χ0) is 12.8. The lowest BCUT2D eigenvalue weighted by atomic mass is 9.88. The van der Waals surface area contributed by atoms with E-state index in [4.69, 9.17) is 5.73 Å². The molecule has 1 aromatic rings. The van der Waals surface area contributed by atoms with Gasteiger partial charge in [-0.15, -0.1) is 0 Å². The normalized spacial score (nSPS) is 14.6. The van der Waals surface area contributed by atoms with E-state index in [2.05, 4.69) is 45.9 Å². The lowest BCUT2D eigenvalue weighted by molar-refractivity contribution is 0.566. The first-order valence-corrected chi connectivity index (χ1v) is 6.95. The largest absolute Gasteiger partial charge is 0.328 e. The zero-order valence-corrected chi connectivity index (χ0v) is 11.8. The molecule has 0 saturated heterocycles. The Balaban J connectivity index is 2.85. The van der Waals surface area contributed by atoms with Gasteiger partial charge in [-0.05, 0) is 55.2 Å². The van der Waals surface area contributed by atoms with Crippen molar-refractivity contribution in [1.82, 2.24) is 0 Å². The average molecular weight is 233 g/mol. The van der Waals surface area contributed by atoms with Gasteiger partial charge in [-0.1, -0.05) is 39.0 Å². The Labute approximate surface area is 106 Å². The monoisotopic (exact) mass is 233 g/mol. The van der Waals surface area contributed by atoms with Gasteiger partial charge in [0.05, 0.1) is 0 Å². The highest BCUT2D eigenvalue weighted by Gasteiger charge is 2.11. The molecule has 17 heavy (non-hydrogen) atoms. The van der Waals surface area contributed by atoms with Crippen LogP contribution >= 0.6 is 0 Å². The number of nitrogens with two attached hydrogens (primary N) is 1.